The first-order valence-electron chi connectivity index (χ1n) is 6.40. The molecular weight excluding hydrogens is 314 g/mol. The number of nitrogens with zero attached hydrogens (tertiary/aromatic N) is 3. The molecule has 1 amide bonds. The zero-order valence-corrected chi connectivity index (χ0v) is 12.5. The number of hydrogen-bond acceptors (Lipinski definition) is 4. The molecule has 110 valence electrons. The Morgan fingerprint density at radius 1 is 1.52 bits per heavy atom. The number of carboxylic acid groups (broad SMARTS) is 1. The third-order valence-electron chi connectivity index (χ3n) is 3.46. The van der Waals surface area contributed by atoms with Gasteiger partial charge in [-0.3, -0.25) is 9.20 Å². The molecule has 0 radical (unpaired) electrons. The fourth-order valence-corrected chi connectivity index (χ4v) is 3.46. The second-order valence-corrected chi connectivity index (χ2v) is 5.94. The Hall–Kier alpha value is -1.86. The van der Waals surface area contributed by atoms with Crippen LogP contribution in [0.2, 0.25) is 5.15 Å². The predicted molar refractivity (Wildman–Crippen MR) is 79.5 cm³/mol. The van der Waals surface area contributed by atoms with Gasteiger partial charge in [0.05, 0.1) is 5.69 Å². The van der Waals surface area contributed by atoms with Crippen molar-refractivity contribution in [1.29, 1.82) is 0 Å². The van der Waals surface area contributed by atoms with Crippen LogP contribution < -0.4 is 0 Å². The first-order valence-corrected chi connectivity index (χ1v) is 7.66. The normalized spacial score (nSPS) is 18.9. The molecule has 1 N–H and O–H groups in total. The lowest BCUT2D eigenvalue weighted by atomic mass is 10.2. The number of carbonyl (C=O) groups is 2. The molecule has 2 aromatic heterocycles. The lowest BCUT2D eigenvalue weighted by Crippen LogP contribution is -2.39. The van der Waals surface area contributed by atoms with Gasteiger partial charge in [-0.1, -0.05) is 11.6 Å². The molecule has 3 rings (SSSR count). The van der Waals surface area contributed by atoms with Gasteiger partial charge in [-0.25, -0.2) is 9.78 Å². The van der Waals surface area contributed by atoms with Crippen LogP contribution in [0.5, 0.6) is 0 Å². The molecule has 2 aromatic rings. The zero-order chi connectivity index (χ0) is 15.0. The Morgan fingerprint density at radius 3 is 3.10 bits per heavy atom. The van der Waals surface area contributed by atoms with Crippen molar-refractivity contribution in [3.8, 4) is 0 Å². The molecule has 0 saturated carbocycles. The minimum Gasteiger partial charge on any atom is -0.480 e. The highest BCUT2D eigenvalue weighted by molar-refractivity contribution is 7.15. The summed E-state index contributed by atoms with van der Waals surface area (Å²) in [5.74, 6) is -1.28. The van der Waals surface area contributed by atoms with Crippen molar-refractivity contribution in [1.82, 2.24) is 14.3 Å². The highest BCUT2D eigenvalue weighted by Crippen LogP contribution is 2.23. The zero-order valence-electron chi connectivity index (χ0n) is 10.9. The lowest BCUT2D eigenvalue weighted by molar-refractivity contribution is -0.146. The fraction of sp³-hybridized carbons (Fsp3) is 0.308. The van der Waals surface area contributed by atoms with Gasteiger partial charge >= 0.3 is 5.97 Å². The summed E-state index contributed by atoms with van der Waals surface area (Å²) in [5.41, 5.74) is 0.618. The van der Waals surface area contributed by atoms with E-state index < -0.39 is 12.0 Å². The standard InChI is InChI=1S/C13H12ClN3O3S/c14-11-8(17-6-7-21-13(17)15-11)3-4-10(18)16-5-1-2-9(16)12(19)20/h3-4,6-7,9H,1-2,5H2,(H,19,20)/b4-3-/t9-/m1/s1. The van der Waals surface area contributed by atoms with Crippen molar-refractivity contribution in [3.63, 3.8) is 0 Å². The summed E-state index contributed by atoms with van der Waals surface area (Å²) in [6, 6.07) is -0.732. The monoisotopic (exact) mass is 325 g/mol. The summed E-state index contributed by atoms with van der Waals surface area (Å²) in [7, 11) is 0. The second kappa shape index (κ2) is 5.50. The van der Waals surface area contributed by atoms with Crippen LogP contribution in [0.1, 0.15) is 18.5 Å². The summed E-state index contributed by atoms with van der Waals surface area (Å²) in [6.07, 6.45) is 5.96. The van der Waals surface area contributed by atoms with Crippen molar-refractivity contribution in [2.24, 2.45) is 0 Å². The summed E-state index contributed by atoms with van der Waals surface area (Å²) in [6.45, 7) is 0.466. The van der Waals surface area contributed by atoms with Gasteiger partial charge in [0.2, 0.25) is 5.91 Å². The van der Waals surface area contributed by atoms with Crippen LogP contribution in [0.3, 0.4) is 0 Å². The van der Waals surface area contributed by atoms with E-state index >= 15 is 0 Å². The molecule has 21 heavy (non-hydrogen) atoms. The van der Waals surface area contributed by atoms with E-state index in [0.29, 0.717) is 30.2 Å². The van der Waals surface area contributed by atoms with Gasteiger partial charge in [0.1, 0.15) is 6.04 Å². The van der Waals surface area contributed by atoms with Crippen LogP contribution >= 0.6 is 22.9 Å². The summed E-state index contributed by atoms with van der Waals surface area (Å²) in [5, 5.41) is 11.3. The van der Waals surface area contributed by atoms with E-state index in [-0.39, 0.29) is 5.91 Å². The van der Waals surface area contributed by atoms with Crippen LogP contribution in [0.4, 0.5) is 0 Å². The molecule has 1 aliphatic heterocycles. The molecule has 0 unspecified atom stereocenters. The van der Waals surface area contributed by atoms with Gasteiger partial charge in [0, 0.05) is 24.2 Å². The largest absolute Gasteiger partial charge is 0.480 e. The molecular formula is C13H12ClN3O3S. The molecule has 0 aliphatic carbocycles. The summed E-state index contributed by atoms with van der Waals surface area (Å²) >= 11 is 7.48. The van der Waals surface area contributed by atoms with E-state index in [1.54, 1.807) is 10.5 Å². The number of fused-ring (bicyclic) bond motifs is 1. The number of likely N-dealkylation sites (tertiary alicyclic amines) is 1. The highest BCUT2D eigenvalue weighted by atomic mass is 35.5. The molecule has 0 spiro atoms. The number of halogens is 1. The predicted octanol–water partition coefficient (Wildman–Crippen LogP) is 2.14. The highest BCUT2D eigenvalue weighted by Gasteiger charge is 2.32. The number of amides is 1. The average molecular weight is 326 g/mol. The number of carboxylic acids is 1. The van der Waals surface area contributed by atoms with E-state index in [4.69, 9.17) is 16.7 Å². The van der Waals surface area contributed by atoms with Gasteiger partial charge in [-0.05, 0) is 18.9 Å². The topological polar surface area (TPSA) is 74.9 Å². The molecule has 3 heterocycles. The quantitative estimate of drug-likeness (QED) is 0.877. The smallest absolute Gasteiger partial charge is 0.326 e. The molecule has 8 heteroatoms. The number of rotatable bonds is 3. The van der Waals surface area contributed by atoms with E-state index in [2.05, 4.69) is 4.98 Å². The minimum atomic E-state index is -0.961. The summed E-state index contributed by atoms with van der Waals surface area (Å²) in [4.78, 5) is 29.5. The van der Waals surface area contributed by atoms with E-state index in [1.165, 1.54) is 22.3 Å². The van der Waals surface area contributed by atoms with E-state index in [9.17, 15) is 9.59 Å². The van der Waals surface area contributed by atoms with Crippen molar-refractivity contribution in [2.45, 2.75) is 18.9 Å². The first kappa shape index (κ1) is 14.1. The van der Waals surface area contributed by atoms with Crippen molar-refractivity contribution in [2.75, 3.05) is 6.54 Å². The van der Waals surface area contributed by atoms with Crippen LogP contribution in [0.15, 0.2) is 17.7 Å². The van der Waals surface area contributed by atoms with Crippen LogP contribution in [0.25, 0.3) is 11.0 Å². The third-order valence-corrected chi connectivity index (χ3v) is 4.49. The number of imidazole rings is 1. The molecule has 0 aromatic carbocycles. The van der Waals surface area contributed by atoms with Crippen molar-refractivity contribution < 1.29 is 14.7 Å². The SMILES string of the molecule is O=C(O)[C@H]1CCCN1C(=O)/C=C\c1c(Cl)nc2sccn12. The van der Waals surface area contributed by atoms with Gasteiger partial charge in [0.25, 0.3) is 0 Å². The fourth-order valence-electron chi connectivity index (χ4n) is 2.46. The third kappa shape index (κ3) is 2.54. The number of aromatic nitrogens is 2. The number of carbonyl (C=O) groups excluding carboxylic acids is 1. The molecule has 1 aliphatic rings. The van der Waals surface area contributed by atoms with Gasteiger partial charge in [0.15, 0.2) is 10.1 Å². The Labute approximate surface area is 129 Å². The van der Waals surface area contributed by atoms with Crippen LogP contribution in [-0.4, -0.2) is 43.9 Å². The maximum atomic E-state index is 12.1. The number of thiazole rings is 1. The Kier molecular flexibility index (Phi) is 3.69. The van der Waals surface area contributed by atoms with Crippen molar-refractivity contribution in [3.05, 3.63) is 28.5 Å². The maximum absolute atomic E-state index is 12.1. The molecule has 6 nitrogen and oxygen atoms in total. The van der Waals surface area contributed by atoms with Gasteiger partial charge in [-0.2, -0.15) is 0 Å². The van der Waals surface area contributed by atoms with Crippen LogP contribution in [-0.2, 0) is 9.59 Å². The average Bonchev–Trinajstić information content (AvgIpc) is 3.11. The second-order valence-electron chi connectivity index (χ2n) is 4.70. The molecule has 1 saturated heterocycles. The molecule has 1 fully saturated rings. The lowest BCUT2D eigenvalue weighted by Gasteiger charge is -2.19. The van der Waals surface area contributed by atoms with Crippen molar-refractivity contribution >= 4 is 45.9 Å². The van der Waals surface area contributed by atoms with Gasteiger partial charge < -0.3 is 10.0 Å². The Bertz CT molecular complexity index is 736. The van der Waals surface area contributed by atoms with E-state index in [1.807, 2.05) is 11.6 Å². The number of aliphatic carboxylic acids is 1. The Balaban J connectivity index is 1.82. The molecule has 1 atom stereocenters. The summed E-state index contributed by atoms with van der Waals surface area (Å²) < 4.78 is 1.79. The van der Waals surface area contributed by atoms with Crippen LogP contribution in [0, 0.1) is 0 Å². The maximum Gasteiger partial charge on any atom is 0.326 e. The Morgan fingerprint density at radius 2 is 2.33 bits per heavy atom. The first-order chi connectivity index (χ1) is 10.1. The van der Waals surface area contributed by atoms with E-state index in [0.717, 1.165) is 4.96 Å². The number of hydrogen-bond donors (Lipinski definition) is 1. The van der Waals surface area contributed by atoms with Gasteiger partial charge in [-0.15, -0.1) is 11.3 Å². The molecule has 0 bridgehead atoms. The minimum absolute atomic E-state index is 0.318.